The Morgan fingerprint density at radius 3 is 2.27 bits per heavy atom. The number of hydrogen-bond acceptors (Lipinski definition) is 6. The highest BCUT2D eigenvalue weighted by atomic mass is 32.2. The number of fused-ring (bicyclic) bond motifs is 1. The lowest BCUT2D eigenvalue weighted by Gasteiger charge is -2.23. The standard InChI is InChI=1S/C20H21F2N3O4S/c1-12-6-8-15(9-7-12)30(27,28)25-16-10-14(11-23-17(16)13(2)24-25)20(21,22)18(26)29-19(3,4)5/h6-11H,1-5H3. The van der Waals surface area contributed by atoms with E-state index in [1.165, 1.54) is 39.8 Å². The summed E-state index contributed by atoms with van der Waals surface area (Å²) in [5, 5.41) is 3.99. The number of halogens is 2. The summed E-state index contributed by atoms with van der Waals surface area (Å²) in [6, 6.07) is 6.94. The van der Waals surface area contributed by atoms with Crippen molar-refractivity contribution in [1.82, 2.24) is 14.2 Å². The zero-order valence-corrected chi connectivity index (χ0v) is 17.9. The van der Waals surface area contributed by atoms with Gasteiger partial charge in [-0.3, -0.25) is 4.98 Å². The number of ether oxygens (including phenoxy) is 1. The minimum absolute atomic E-state index is 0.0539. The van der Waals surface area contributed by atoms with Crippen molar-refractivity contribution >= 4 is 27.0 Å². The molecule has 0 saturated heterocycles. The number of aromatic nitrogens is 3. The fourth-order valence-corrected chi connectivity index (χ4v) is 4.05. The molecule has 0 fully saturated rings. The maximum Gasteiger partial charge on any atom is 0.382 e. The first-order chi connectivity index (χ1) is 13.7. The van der Waals surface area contributed by atoms with Crippen molar-refractivity contribution < 1.29 is 26.7 Å². The number of hydrogen-bond donors (Lipinski definition) is 0. The number of carbonyl (C=O) groups is 1. The van der Waals surface area contributed by atoms with Crippen LogP contribution in [0.2, 0.25) is 0 Å². The Kier molecular flexibility index (Phi) is 5.18. The average molecular weight is 437 g/mol. The molecule has 0 aliphatic rings. The quantitative estimate of drug-likeness (QED) is 0.578. The van der Waals surface area contributed by atoms with Gasteiger partial charge in [0, 0.05) is 6.20 Å². The number of aryl methyl sites for hydroxylation is 2. The van der Waals surface area contributed by atoms with Gasteiger partial charge in [0.2, 0.25) is 0 Å². The second-order valence-electron chi connectivity index (χ2n) is 7.91. The van der Waals surface area contributed by atoms with E-state index in [9.17, 15) is 22.0 Å². The van der Waals surface area contributed by atoms with Crippen LogP contribution in [-0.4, -0.2) is 34.2 Å². The van der Waals surface area contributed by atoms with Gasteiger partial charge in [-0.1, -0.05) is 17.7 Å². The van der Waals surface area contributed by atoms with Gasteiger partial charge in [0.1, 0.15) is 16.6 Å². The number of benzene rings is 1. The monoisotopic (exact) mass is 437 g/mol. The highest BCUT2D eigenvalue weighted by molar-refractivity contribution is 7.90. The first kappa shape index (κ1) is 21.8. The van der Waals surface area contributed by atoms with Gasteiger partial charge < -0.3 is 4.74 Å². The molecule has 0 bridgehead atoms. The third-order valence-electron chi connectivity index (χ3n) is 4.22. The van der Waals surface area contributed by atoms with Crippen LogP contribution in [0.3, 0.4) is 0 Å². The van der Waals surface area contributed by atoms with Gasteiger partial charge in [0.25, 0.3) is 10.0 Å². The van der Waals surface area contributed by atoms with Crippen LogP contribution in [0.5, 0.6) is 0 Å². The molecule has 0 atom stereocenters. The van der Waals surface area contributed by atoms with Gasteiger partial charge in [-0.05, 0) is 52.8 Å². The molecule has 0 amide bonds. The zero-order valence-electron chi connectivity index (χ0n) is 17.1. The van der Waals surface area contributed by atoms with E-state index in [1.54, 1.807) is 19.1 Å². The Morgan fingerprint density at radius 1 is 1.10 bits per heavy atom. The van der Waals surface area contributed by atoms with Crippen LogP contribution in [-0.2, 0) is 25.5 Å². The highest BCUT2D eigenvalue weighted by Crippen LogP contribution is 2.33. The number of pyridine rings is 1. The number of rotatable bonds is 4. The van der Waals surface area contributed by atoms with Gasteiger partial charge in [-0.2, -0.15) is 26.4 Å². The van der Waals surface area contributed by atoms with Crippen molar-refractivity contribution in [3.63, 3.8) is 0 Å². The van der Waals surface area contributed by atoms with Gasteiger partial charge >= 0.3 is 11.9 Å². The summed E-state index contributed by atoms with van der Waals surface area (Å²) in [6.45, 7) is 7.72. The van der Waals surface area contributed by atoms with Gasteiger partial charge in [-0.25, -0.2) is 4.79 Å². The summed E-state index contributed by atoms with van der Waals surface area (Å²) < 4.78 is 61.0. The average Bonchev–Trinajstić information content (AvgIpc) is 2.97. The van der Waals surface area contributed by atoms with E-state index in [-0.39, 0.29) is 21.6 Å². The molecule has 7 nitrogen and oxygen atoms in total. The maximum absolute atomic E-state index is 14.7. The van der Waals surface area contributed by atoms with Crippen LogP contribution in [0.1, 0.15) is 37.6 Å². The summed E-state index contributed by atoms with van der Waals surface area (Å²) >= 11 is 0. The topological polar surface area (TPSA) is 91.1 Å². The Bertz CT molecular complexity index is 1230. The fourth-order valence-electron chi connectivity index (χ4n) is 2.74. The molecule has 2 aromatic heterocycles. The van der Waals surface area contributed by atoms with Crippen molar-refractivity contribution in [2.45, 2.75) is 51.0 Å². The second-order valence-corrected chi connectivity index (χ2v) is 9.68. The lowest BCUT2D eigenvalue weighted by molar-refractivity contribution is -0.185. The Hall–Kier alpha value is -2.88. The molecular weight excluding hydrogens is 416 g/mol. The SMILES string of the molecule is Cc1ccc(S(=O)(=O)n2nc(C)c3ncc(C(F)(F)C(=O)OC(C)(C)C)cc32)cc1. The lowest BCUT2D eigenvalue weighted by Crippen LogP contribution is -2.35. The van der Waals surface area contributed by atoms with Crippen molar-refractivity contribution in [2.75, 3.05) is 0 Å². The molecule has 0 radical (unpaired) electrons. The van der Waals surface area contributed by atoms with E-state index in [0.29, 0.717) is 4.09 Å². The third-order valence-corrected chi connectivity index (χ3v) is 5.82. The lowest BCUT2D eigenvalue weighted by atomic mass is 10.1. The molecule has 0 saturated carbocycles. The van der Waals surface area contributed by atoms with Crippen LogP contribution in [0.4, 0.5) is 8.78 Å². The van der Waals surface area contributed by atoms with E-state index in [0.717, 1.165) is 17.8 Å². The molecule has 0 unspecified atom stereocenters. The highest BCUT2D eigenvalue weighted by Gasteiger charge is 2.45. The number of alkyl halides is 2. The molecular formula is C20H21F2N3O4S. The molecule has 3 rings (SSSR count). The summed E-state index contributed by atoms with van der Waals surface area (Å²) in [5.74, 6) is -5.77. The van der Waals surface area contributed by atoms with E-state index in [2.05, 4.69) is 10.1 Å². The summed E-state index contributed by atoms with van der Waals surface area (Å²) in [5.41, 5.74) is -0.831. The molecule has 3 aromatic rings. The van der Waals surface area contributed by atoms with Crippen LogP contribution in [0, 0.1) is 13.8 Å². The minimum atomic E-state index is -4.17. The van der Waals surface area contributed by atoms with Crippen molar-refractivity contribution in [2.24, 2.45) is 0 Å². The van der Waals surface area contributed by atoms with Crippen LogP contribution < -0.4 is 0 Å². The van der Waals surface area contributed by atoms with Gasteiger partial charge in [0.15, 0.2) is 0 Å². The second kappa shape index (κ2) is 7.12. The van der Waals surface area contributed by atoms with Crippen molar-refractivity contribution in [3.8, 4) is 0 Å². The van der Waals surface area contributed by atoms with Crippen molar-refractivity contribution in [3.05, 3.63) is 53.3 Å². The maximum atomic E-state index is 14.7. The third kappa shape index (κ3) is 3.91. The Morgan fingerprint density at radius 2 is 1.70 bits per heavy atom. The van der Waals surface area contributed by atoms with Crippen molar-refractivity contribution in [1.29, 1.82) is 0 Å². The Balaban J connectivity index is 2.15. The minimum Gasteiger partial charge on any atom is -0.455 e. The number of nitrogens with zero attached hydrogens (tertiary/aromatic N) is 3. The molecule has 160 valence electrons. The molecule has 0 aliphatic heterocycles. The van der Waals surface area contributed by atoms with E-state index in [1.807, 2.05) is 0 Å². The molecule has 2 heterocycles. The van der Waals surface area contributed by atoms with E-state index >= 15 is 0 Å². The fraction of sp³-hybridized carbons (Fsp3) is 0.350. The Labute approximate surface area is 172 Å². The smallest absolute Gasteiger partial charge is 0.382 e. The molecule has 0 spiro atoms. The first-order valence-corrected chi connectivity index (χ1v) is 10.5. The number of esters is 1. The van der Waals surface area contributed by atoms with Crippen LogP contribution in [0.15, 0.2) is 41.4 Å². The number of carbonyl (C=O) groups excluding carboxylic acids is 1. The van der Waals surface area contributed by atoms with E-state index < -0.39 is 33.1 Å². The van der Waals surface area contributed by atoms with Gasteiger partial charge in [-0.15, -0.1) is 0 Å². The normalized spacial score (nSPS) is 12.9. The van der Waals surface area contributed by atoms with E-state index in [4.69, 9.17) is 4.74 Å². The first-order valence-electron chi connectivity index (χ1n) is 9.03. The van der Waals surface area contributed by atoms with Gasteiger partial charge in [0.05, 0.1) is 16.2 Å². The molecule has 1 aromatic carbocycles. The summed E-state index contributed by atoms with van der Waals surface area (Å²) in [4.78, 5) is 15.9. The molecule has 10 heteroatoms. The summed E-state index contributed by atoms with van der Waals surface area (Å²) in [7, 11) is -4.17. The molecule has 0 aliphatic carbocycles. The van der Waals surface area contributed by atoms with Crippen LogP contribution >= 0.6 is 0 Å². The zero-order chi connectivity index (χ0) is 22.5. The van der Waals surface area contributed by atoms with Crippen LogP contribution in [0.25, 0.3) is 11.0 Å². The molecule has 0 N–H and O–H groups in total. The molecule has 30 heavy (non-hydrogen) atoms. The predicted octanol–water partition coefficient (Wildman–Crippen LogP) is 3.72. The largest absolute Gasteiger partial charge is 0.455 e. The predicted molar refractivity (Wildman–Crippen MR) is 106 cm³/mol. The summed E-state index contributed by atoms with van der Waals surface area (Å²) in [6.07, 6.45) is 0.823.